The van der Waals surface area contributed by atoms with Gasteiger partial charge in [-0.3, -0.25) is 10.1 Å². The van der Waals surface area contributed by atoms with Gasteiger partial charge in [-0.05, 0) is 20.8 Å². The van der Waals surface area contributed by atoms with Gasteiger partial charge in [0.1, 0.15) is 5.60 Å². The molecule has 6 nitrogen and oxygen atoms in total. The molecule has 1 aromatic heterocycles. The van der Waals surface area contributed by atoms with Crippen LogP contribution in [0.4, 0.5) is 4.79 Å². The molecule has 1 aromatic rings. The molecule has 0 atom stereocenters. The molecular formula is C14H26N4O2. The van der Waals surface area contributed by atoms with E-state index in [-0.39, 0.29) is 5.41 Å². The van der Waals surface area contributed by atoms with Gasteiger partial charge in [0.25, 0.3) is 0 Å². The molecule has 6 heteroatoms. The van der Waals surface area contributed by atoms with Gasteiger partial charge in [0.05, 0.1) is 5.69 Å². The van der Waals surface area contributed by atoms with E-state index in [1.54, 1.807) is 4.68 Å². The molecule has 0 aliphatic carbocycles. The van der Waals surface area contributed by atoms with E-state index in [4.69, 9.17) is 4.74 Å². The molecule has 1 heterocycles. The molecule has 20 heavy (non-hydrogen) atoms. The number of carbonyl (C=O) groups excluding carboxylic acids is 1. The Morgan fingerprint density at radius 2 is 1.90 bits per heavy atom. The lowest BCUT2D eigenvalue weighted by Gasteiger charge is -2.20. The molecule has 0 aliphatic heterocycles. The van der Waals surface area contributed by atoms with Crippen LogP contribution in [0.2, 0.25) is 0 Å². The largest absolute Gasteiger partial charge is 0.443 e. The quantitative estimate of drug-likeness (QED) is 0.834. The Labute approximate surface area is 120 Å². The molecule has 0 aliphatic rings. The number of aromatic nitrogens is 2. The van der Waals surface area contributed by atoms with Crippen molar-refractivity contribution in [3.63, 3.8) is 0 Å². The van der Waals surface area contributed by atoms with Crippen molar-refractivity contribution in [2.45, 2.75) is 59.1 Å². The molecule has 0 bridgehead atoms. The Bertz CT molecular complexity index is 466. The predicted molar refractivity (Wildman–Crippen MR) is 78.1 cm³/mol. The Balaban J connectivity index is 2.57. The van der Waals surface area contributed by atoms with Gasteiger partial charge in [-0.2, -0.15) is 5.10 Å². The Morgan fingerprint density at radius 3 is 2.40 bits per heavy atom. The number of hydrogen-bond donors (Lipinski definition) is 2. The molecule has 0 spiro atoms. The van der Waals surface area contributed by atoms with Gasteiger partial charge >= 0.3 is 6.09 Å². The summed E-state index contributed by atoms with van der Waals surface area (Å²) in [6, 6.07) is 0. The van der Waals surface area contributed by atoms with Crippen LogP contribution in [0.15, 0.2) is 6.20 Å². The number of hydrogen-bond acceptors (Lipinski definition) is 4. The average molecular weight is 282 g/mol. The summed E-state index contributed by atoms with van der Waals surface area (Å²) in [6.07, 6.45) is 1.46. The minimum atomic E-state index is -0.503. The zero-order valence-corrected chi connectivity index (χ0v) is 13.5. The molecular weight excluding hydrogens is 256 g/mol. The van der Waals surface area contributed by atoms with E-state index >= 15 is 0 Å². The fourth-order valence-corrected chi connectivity index (χ4v) is 1.81. The van der Waals surface area contributed by atoms with Gasteiger partial charge in [-0.15, -0.1) is 0 Å². The second-order valence-electron chi connectivity index (χ2n) is 6.91. The zero-order chi connectivity index (χ0) is 15.6. The molecule has 0 fully saturated rings. The Morgan fingerprint density at radius 1 is 1.30 bits per heavy atom. The summed E-state index contributed by atoms with van der Waals surface area (Å²) in [5.41, 5.74) is 6.92. The number of rotatable bonds is 3. The lowest BCUT2D eigenvalue weighted by molar-refractivity contribution is 0.0497. The maximum absolute atomic E-state index is 11.5. The Kier molecular flexibility index (Phi) is 4.81. The van der Waals surface area contributed by atoms with Gasteiger partial charge in [-0.25, -0.2) is 10.2 Å². The van der Waals surface area contributed by atoms with Gasteiger partial charge in [-0.1, -0.05) is 20.8 Å². The topological polar surface area (TPSA) is 68.2 Å². The van der Waals surface area contributed by atoms with Crippen molar-refractivity contribution in [3.05, 3.63) is 17.5 Å². The average Bonchev–Trinajstić information content (AvgIpc) is 2.56. The fourth-order valence-electron chi connectivity index (χ4n) is 1.81. The van der Waals surface area contributed by atoms with Gasteiger partial charge in [0.2, 0.25) is 0 Å². The van der Waals surface area contributed by atoms with E-state index in [0.717, 1.165) is 11.3 Å². The first-order valence-electron chi connectivity index (χ1n) is 6.74. The second-order valence-corrected chi connectivity index (χ2v) is 6.91. The number of hydrazine groups is 1. The summed E-state index contributed by atoms with van der Waals surface area (Å²) in [4.78, 5) is 11.5. The monoisotopic (exact) mass is 282 g/mol. The number of carbonyl (C=O) groups is 1. The van der Waals surface area contributed by atoms with E-state index in [0.29, 0.717) is 6.54 Å². The van der Waals surface area contributed by atoms with Crippen molar-refractivity contribution in [3.8, 4) is 0 Å². The van der Waals surface area contributed by atoms with Crippen LogP contribution in [-0.4, -0.2) is 21.5 Å². The van der Waals surface area contributed by atoms with Crippen LogP contribution in [0.1, 0.15) is 52.8 Å². The lowest BCUT2D eigenvalue weighted by atomic mass is 9.90. The highest BCUT2D eigenvalue weighted by Gasteiger charge is 2.22. The van der Waals surface area contributed by atoms with E-state index in [2.05, 4.69) is 36.7 Å². The van der Waals surface area contributed by atoms with Crippen molar-refractivity contribution < 1.29 is 9.53 Å². The number of nitrogens with one attached hydrogen (secondary N) is 2. The molecule has 0 saturated carbocycles. The summed E-state index contributed by atoms with van der Waals surface area (Å²) in [6.45, 7) is 12.3. The first-order chi connectivity index (χ1) is 8.99. The number of amides is 1. The molecule has 114 valence electrons. The van der Waals surface area contributed by atoms with Gasteiger partial charge in [0, 0.05) is 30.8 Å². The van der Waals surface area contributed by atoms with Crippen molar-refractivity contribution in [1.82, 2.24) is 20.6 Å². The standard InChI is InChI=1S/C14H26N4O2/c1-13(2,3)11-10(9-18(7)17-11)8-15-16-12(19)20-14(4,5)6/h9,15H,8H2,1-7H3,(H,16,19). The fraction of sp³-hybridized carbons (Fsp3) is 0.714. The molecule has 1 rings (SSSR count). The van der Waals surface area contributed by atoms with Gasteiger partial charge in [0.15, 0.2) is 0 Å². The third-order valence-corrected chi connectivity index (χ3v) is 2.48. The smallest absolute Gasteiger partial charge is 0.422 e. The zero-order valence-electron chi connectivity index (χ0n) is 13.5. The molecule has 0 aromatic carbocycles. The molecule has 0 radical (unpaired) electrons. The summed E-state index contributed by atoms with van der Waals surface area (Å²) in [5.74, 6) is 0. The lowest BCUT2D eigenvalue weighted by Crippen LogP contribution is -2.41. The van der Waals surface area contributed by atoms with E-state index in [9.17, 15) is 4.79 Å². The van der Waals surface area contributed by atoms with E-state index < -0.39 is 11.7 Å². The highest BCUT2D eigenvalue weighted by Crippen LogP contribution is 2.23. The molecule has 2 N–H and O–H groups in total. The Hall–Kier alpha value is -1.56. The highest BCUT2D eigenvalue weighted by molar-refractivity contribution is 5.66. The van der Waals surface area contributed by atoms with Crippen LogP contribution in [0.25, 0.3) is 0 Å². The van der Waals surface area contributed by atoms with Crippen LogP contribution in [0.5, 0.6) is 0 Å². The summed E-state index contributed by atoms with van der Waals surface area (Å²) in [7, 11) is 1.89. The molecule has 0 unspecified atom stereocenters. The summed E-state index contributed by atoms with van der Waals surface area (Å²) < 4.78 is 6.93. The molecule has 1 amide bonds. The van der Waals surface area contributed by atoms with E-state index in [1.165, 1.54) is 0 Å². The van der Waals surface area contributed by atoms with Crippen LogP contribution < -0.4 is 10.9 Å². The minimum Gasteiger partial charge on any atom is -0.443 e. The third-order valence-electron chi connectivity index (χ3n) is 2.48. The van der Waals surface area contributed by atoms with Crippen LogP contribution in [0.3, 0.4) is 0 Å². The highest BCUT2D eigenvalue weighted by atomic mass is 16.6. The van der Waals surface area contributed by atoms with Crippen molar-refractivity contribution in [2.24, 2.45) is 7.05 Å². The predicted octanol–water partition coefficient (Wildman–Crippen LogP) is 2.25. The summed E-state index contributed by atoms with van der Waals surface area (Å²) >= 11 is 0. The first kappa shape index (κ1) is 16.5. The number of aryl methyl sites for hydroxylation is 1. The van der Waals surface area contributed by atoms with Gasteiger partial charge < -0.3 is 4.74 Å². The van der Waals surface area contributed by atoms with Crippen LogP contribution in [-0.2, 0) is 23.7 Å². The van der Waals surface area contributed by atoms with Crippen molar-refractivity contribution in [2.75, 3.05) is 0 Å². The summed E-state index contributed by atoms with van der Waals surface area (Å²) in [5, 5.41) is 4.47. The second kappa shape index (κ2) is 5.83. The SMILES string of the molecule is Cn1cc(CNNC(=O)OC(C)(C)C)c(C(C)(C)C)n1. The maximum atomic E-state index is 11.5. The van der Waals surface area contributed by atoms with Crippen molar-refractivity contribution in [1.29, 1.82) is 0 Å². The van der Waals surface area contributed by atoms with Crippen LogP contribution in [0, 0.1) is 0 Å². The first-order valence-corrected chi connectivity index (χ1v) is 6.74. The van der Waals surface area contributed by atoms with E-state index in [1.807, 2.05) is 34.0 Å². The maximum Gasteiger partial charge on any atom is 0.422 e. The third kappa shape index (κ3) is 5.21. The minimum absolute atomic E-state index is 0.0375. The van der Waals surface area contributed by atoms with Crippen molar-refractivity contribution >= 4 is 6.09 Å². The normalized spacial score (nSPS) is 12.3. The molecule has 0 saturated heterocycles. The van der Waals surface area contributed by atoms with Crippen LogP contribution >= 0.6 is 0 Å². The number of nitrogens with zero attached hydrogens (tertiary/aromatic N) is 2. The number of ether oxygens (including phenoxy) is 1.